The molecule has 0 aromatic carbocycles. The van der Waals surface area contributed by atoms with Gasteiger partial charge >= 0.3 is 0 Å². The summed E-state index contributed by atoms with van der Waals surface area (Å²) in [6, 6.07) is 0.577. The van der Waals surface area contributed by atoms with Gasteiger partial charge in [-0.15, -0.1) is 11.3 Å². The van der Waals surface area contributed by atoms with E-state index in [0.29, 0.717) is 6.04 Å². The van der Waals surface area contributed by atoms with Crippen LogP contribution in [-0.2, 0) is 6.54 Å². The Balaban J connectivity index is 1.88. The second-order valence-electron chi connectivity index (χ2n) is 5.21. The fourth-order valence-corrected chi connectivity index (χ4v) is 3.09. The monoisotopic (exact) mass is 267 g/mol. The molecule has 1 fully saturated rings. The molecule has 0 spiro atoms. The lowest BCUT2D eigenvalue weighted by Gasteiger charge is -2.18. The van der Waals surface area contributed by atoms with Gasteiger partial charge in [-0.05, 0) is 26.2 Å². The summed E-state index contributed by atoms with van der Waals surface area (Å²) in [4.78, 5) is 7.23. The molecule has 0 radical (unpaired) electrons. The Kier molecular flexibility index (Phi) is 5.45. The molecule has 1 aromatic rings. The number of anilines is 1. The number of hydrogen-bond donors (Lipinski definition) is 1. The lowest BCUT2D eigenvalue weighted by molar-refractivity contribution is 0.530. The topological polar surface area (TPSA) is 28.2 Å². The summed E-state index contributed by atoms with van der Waals surface area (Å²) < 4.78 is 0. The lowest BCUT2D eigenvalue weighted by atomic mass is 10.2. The van der Waals surface area contributed by atoms with Crippen LogP contribution in [0.5, 0.6) is 0 Å². The Morgan fingerprint density at radius 2 is 2.06 bits per heavy atom. The van der Waals surface area contributed by atoms with Crippen molar-refractivity contribution in [3.05, 3.63) is 11.1 Å². The van der Waals surface area contributed by atoms with Gasteiger partial charge < -0.3 is 10.2 Å². The van der Waals surface area contributed by atoms with Crippen LogP contribution >= 0.6 is 11.3 Å². The third kappa shape index (κ3) is 3.95. The van der Waals surface area contributed by atoms with Gasteiger partial charge in [0.2, 0.25) is 0 Å². The van der Waals surface area contributed by atoms with Crippen LogP contribution in [0.25, 0.3) is 0 Å². The zero-order valence-electron chi connectivity index (χ0n) is 11.6. The van der Waals surface area contributed by atoms with E-state index in [9.17, 15) is 0 Å². The maximum absolute atomic E-state index is 4.76. The van der Waals surface area contributed by atoms with E-state index in [0.717, 1.165) is 6.54 Å². The van der Waals surface area contributed by atoms with Gasteiger partial charge in [-0.3, -0.25) is 0 Å². The first-order valence-corrected chi connectivity index (χ1v) is 8.10. The van der Waals surface area contributed by atoms with Crippen molar-refractivity contribution in [3.8, 4) is 0 Å². The van der Waals surface area contributed by atoms with Gasteiger partial charge in [0.15, 0.2) is 5.13 Å². The van der Waals surface area contributed by atoms with Gasteiger partial charge in [0.1, 0.15) is 0 Å². The second-order valence-corrected chi connectivity index (χ2v) is 6.05. The highest BCUT2D eigenvalue weighted by Gasteiger charge is 2.13. The molecule has 1 aromatic heterocycles. The van der Waals surface area contributed by atoms with Crippen LogP contribution in [0, 0.1) is 0 Å². The van der Waals surface area contributed by atoms with Gasteiger partial charge in [-0.25, -0.2) is 4.98 Å². The van der Waals surface area contributed by atoms with Crippen LogP contribution in [-0.4, -0.2) is 24.1 Å². The summed E-state index contributed by atoms with van der Waals surface area (Å²) in [6.07, 6.45) is 6.57. The van der Waals surface area contributed by atoms with Crippen molar-refractivity contribution in [1.82, 2.24) is 10.3 Å². The lowest BCUT2D eigenvalue weighted by Crippen LogP contribution is -2.25. The summed E-state index contributed by atoms with van der Waals surface area (Å²) in [5.41, 5.74) is 1.19. The quantitative estimate of drug-likeness (QED) is 0.886. The second kappa shape index (κ2) is 7.10. The molecule has 4 heteroatoms. The fourth-order valence-electron chi connectivity index (χ4n) is 2.21. The largest absolute Gasteiger partial charge is 0.348 e. The Bertz CT molecular complexity index is 343. The standard InChI is InChI=1S/C14H25N3S/c1-3-12(2)15-10-13-11-18-14(16-13)17-8-6-4-5-7-9-17/h11-12,15H,3-10H2,1-2H3. The maximum atomic E-state index is 4.76. The SMILES string of the molecule is CCC(C)NCc1csc(N2CCCCCC2)n1. The van der Waals surface area contributed by atoms with Crippen molar-refractivity contribution >= 4 is 16.5 Å². The molecular weight excluding hydrogens is 242 g/mol. The van der Waals surface area contributed by atoms with E-state index in [1.54, 1.807) is 11.3 Å². The minimum Gasteiger partial charge on any atom is -0.348 e. The molecule has 0 bridgehead atoms. The van der Waals surface area contributed by atoms with E-state index in [-0.39, 0.29) is 0 Å². The molecule has 102 valence electrons. The van der Waals surface area contributed by atoms with Crippen molar-refractivity contribution in [2.45, 2.75) is 58.5 Å². The van der Waals surface area contributed by atoms with Gasteiger partial charge in [-0.1, -0.05) is 19.8 Å². The average molecular weight is 267 g/mol. The van der Waals surface area contributed by atoms with Gasteiger partial charge in [0, 0.05) is 31.1 Å². The molecule has 1 atom stereocenters. The van der Waals surface area contributed by atoms with Crippen LogP contribution in [0.2, 0.25) is 0 Å². The molecule has 1 N–H and O–H groups in total. The predicted octanol–water partition coefficient (Wildman–Crippen LogP) is 3.41. The summed E-state index contributed by atoms with van der Waals surface area (Å²) in [6.45, 7) is 7.71. The summed E-state index contributed by atoms with van der Waals surface area (Å²) in [5.74, 6) is 0. The van der Waals surface area contributed by atoms with E-state index in [4.69, 9.17) is 4.98 Å². The highest BCUT2D eigenvalue weighted by Crippen LogP contribution is 2.23. The molecular formula is C14H25N3S. The van der Waals surface area contributed by atoms with Crippen molar-refractivity contribution in [1.29, 1.82) is 0 Å². The maximum Gasteiger partial charge on any atom is 0.185 e. The Morgan fingerprint density at radius 3 is 2.72 bits per heavy atom. The molecule has 1 saturated heterocycles. The van der Waals surface area contributed by atoms with Crippen molar-refractivity contribution in [2.24, 2.45) is 0 Å². The minimum absolute atomic E-state index is 0.577. The first kappa shape index (κ1) is 13.8. The number of aromatic nitrogens is 1. The first-order valence-electron chi connectivity index (χ1n) is 7.22. The predicted molar refractivity (Wildman–Crippen MR) is 79.4 cm³/mol. The van der Waals surface area contributed by atoms with E-state index >= 15 is 0 Å². The van der Waals surface area contributed by atoms with E-state index in [1.165, 1.54) is 56.0 Å². The molecule has 18 heavy (non-hydrogen) atoms. The van der Waals surface area contributed by atoms with Gasteiger partial charge in [0.05, 0.1) is 5.69 Å². The number of thiazole rings is 1. The third-order valence-electron chi connectivity index (χ3n) is 3.66. The van der Waals surface area contributed by atoms with E-state index < -0.39 is 0 Å². The van der Waals surface area contributed by atoms with Crippen molar-refractivity contribution in [3.63, 3.8) is 0 Å². The van der Waals surface area contributed by atoms with Crippen molar-refractivity contribution < 1.29 is 0 Å². The third-order valence-corrected chi connectivity index (χ3v) is 4.61. The number of nitrogens with one attached hydrogen (secondary N) is 1. The summed E-state index contributed by atoms with van der Waals surface area (Å²) >= 11 is 1.80. The molecule has 2 heterocycles. The summed E-state index contributed by atoms with van der Waals surface area (Å²) in [5, 5.41) is 6.93. The Hall–Kier alpha value is -0.610. The average Bonchev–Trinajstić information content (AvgIpc) is 2.69. The highest BCUT2D eigenvalue weighted by atomic mass is 32.1. The van der Waals surface area contributed by atoms with E-state index in [2.05, 4.69) is 29.4 Å². The fraction of sp³-hybridized carbons (Fsp3) is 0.786. The molecule has 1 unspecified atom stereocenters. The number of rotatable bonds is 5. The zero-order chi connectivity index (χ0) is 12.8. The smallest absolute Gasteiger partial charge is 0.185 e. The first-order chi connectivity index (χ1) is 8.79. The van der Waals surface area contributed by atoms with Crippen LogP contribution in [0.4, 0.5) is 5.13 Å². The number of nitrogens with zero attached hydrogens (tertiary/aromatic N) is 2. The van der Waals surface area contributed by atoms with Crippen LogP contribution in [0.1, 0.15) is 51.6 Å². The molecule has 1 aliphatic heterocycles. The molecule has 1 aliphatic rings. The molecule has 2 rings (SSSR count). The van der Waals surface area contributed by atoms with Crippen LogP contribution < -0.4 is 10.2 Å². The Labute approximate surface area is 115 Å². The highest BCUT2D eigenvalue weighted by molar-refractivity contribution is 7.13. The van der Waals surface area contributed by atoms with Gasteiger partial charge in [0.25, 0.3) is 0 Å². The normalized spacial score (nSPS) is 18.7. The van der Waals surface area contributed by atoms with E-state index in [1.807, 2.05) is 0 Å². The summed E-state index contributed by atoms with van der Waals surface area (Å²) in [7, 11) is 0. The zero-order valence-corrected chi connectivity index (χ0v) is 12.4. The van der Waals surface area contributed by atoms with Gasteiger partial charge in [-0.2, -0.15) is 0 Å². The molecule has 0 amide bonds. The van der Waals surface area contributed by atoms with Crippen molar-refractivity contribution in [2.75, 3.05) is 18.0 Å². The number of hydrogen-bond acceptors (Lipinski definition) is 4. The van der Waals surface area contributed by atoms with Crippen LogP contribution in [0.3, 0.4) is 0 Å². The van der Waals surface area contributed by atoms with Crippen LogP contribution in [0.15, 0.2) is 5.38 Å². The Morgan fingerprint density at radius 1 is 1.33 bits per heavy atom. The molecule has 3 nitrogen and oxygen atoms in total. The molecule has 0 saturated carbocycles. The molecule has 0 aliphatic carbocycles. The minimum atomic E-state index is 0.577.